The maximum atomic E-state index is 13.3. The van der Waals surface area contributed by atoms with Crippen molar-refractivity contribution in [3.8, 4) is 11.3 Å². The van der Waals surface area contributed by atoms with E-state index in [1.54, 1.807) is 6.20 Å². The number of allylic oxidation sites excluding steroid dienone is 1. The smallest absolute Gasteiger partial charge is 0.253 e. The maximum absolute atomic E-state index is 13.3. The Morgan fingerprint density at radius 1 is 1.22 bits per heavy atom. The summed E-state index contributed by atoms with van der Waals surface area (Å²) >= 11 is 6.49. The Labute approximate surface area is 246 Å². The zero-order chi connectivity index (χ0) is 28.8. The SMILES string of the molecule is C=C(/C=C/CN(C)C)Nc1ccc(C(=O)N2CCCC(CNc3ncc(Cl)c(-c4c[nH]c5ccccc45)n3)C2)cc1. The van der Waals surface area contributed by atoms with Crippen molar-refractivity contribution < 1.29 is 4.79 Å². The number of para-hydroxylation sites is 1. The number of piperidine rings is 1. The number of halogens is 1. The van der Waals surface area contributed by atoms with Crippen LogP contribution in [0, 0.1) is 5.92 Å². The van der Waals surface area contributed by atoms with Crippen LogP contribution >= 0.6 is 11.6 Å². The van der Waals surface area contributed by atoms with Crippen LogP contribution in [0.2, 0.25) is 5.02 Å². The number of anilines is 2. The van der Waals surface area contributed by atoms with Crippen LogP contribution in [0.25, 0.3) is 22.2 Å². The van der Waals surface area contributed by atoms with Crippen molar-refractivity contribution in [1.82, 2.24) is 24.8 Å². The molecule has 8 nitrogen and oxygen atoms in total. The van der Waals surface area contributed by atoms with Gasteiger partial charge in [-0.25, -0.2) is 9.97 Å². The molecule has 0 radical (unpaired) electrons. The summed E-state index contributed by atoms with van der Waals surface area (Å²) < 4.78 is 0. The third kappa shape index (κ3) is 7.14. The third-order valence-electron chi connectivity index (χ3n) is 7.17. The van der Waals surface area contributed by atoms with Gasteiger partial charge in [-0.05, 0) is 69.3 Å². The van der Waals surface area contributed by atoms with Crippen LogP contribution in [0.1, 0.15) is 23.2 Å². The number of nitrogens with one attached hydrogen (secondary N) is 3. The first-order valence-corrected chi connectivity index (χ1v) is 14.2. The van der Waals surface area contributed by atoms with Gasteiger partial charge < -0.3 is 25.4 Å². The number of amides is 1. The number of aromatic amines is 1. The molecule has 2 aromatic heterocycles. The molecule has 1 aliphatic rings. The van der Waals surface area contributed by atoms with Crippen LogP contribution < -0.4 is 10.6 Å². The normalized spacial score (nSPS) is 15.5. The Morgan fingerprint density at radius 3 is 2.83 bits per heavy atom. The van der Waals surface area contributed by atoms with E-state index >= 15 is 0 Å². The minimum absolute atomic E-state index is 0.0512. The summed E-state index contributed by atoms with van der Waals surface area (Å²) in [4.78, 5) is 29.7. The van der Waals surface area contributed by atoms with Gasteiger partial charge in [0.15, 0.2) is 0 Å². The number of carbonyl (C=O) groups excluding carboxylic acids is 1. The molecule has 4 aromatic rings. The largest absolute Gasteiger partial charge is 0.360 e. The standard InChI is InChI=1S/C32H36ClN7O/c1-22(8-6-16-39(2)3)37-25-14-12-24(13-15-25)31(41)40-17-7-9-23(21-40)18-35-32-36-20-28(33)30(38-32)27-19-34-29-11-5-4-10-26(27)29/h4-6,8,10-15,19-20,23,34,37H,1,7,9,16-18,21H2,2-3H3,(H,35,36,38)/b8-6+. The number of aromatic nitrogens is 3. The summed E-state index contributed by atoms with van der Waals surface area (Å²) in [6, 6.07) is 15.7. The Kier molecular flexibility index (Phi) is 9.01. The van der Waals surface area contributed by atoms with Crippen LogP contribution in [-0.2, 0) is 0 Å². The summed E-state index contributed by atoms with van der Waals surface area (Å²) in [7, 11) is 4.04. The highest BCUT2D eigenvalue weighted by Gasteiger charge is 2.25. The average molecular weight is 570 g/mol. The number of fused-ring (bicyclic) bond motifs is 1. The quantitative estimate of drug-likeness (QED) is 0.195. The van der Waals surface area contributed by atoms with Crippen molar-refractivity contribution in [2.24, 2.45) is 5.92 Å². The van der Waals surface area contributed by atoms with Crippen molar-refractivity contribution in [2.75, 3.05) is 50.9 Å². The molecule has 1 unspecified atom stereocenters. The first-order chi connectivity index (χ1) is 19.9. The Hall–Kier alpha value is -4.14. The molecule has 2 aromatic carbocycles. The number of likely N-dealkylation sites (N-methyl/N-ethyl adjacent to an activating group) is 1. The van der Waals surface area contributed by atoms with Gasteiger partial charge in [0.05, 0.1) is 16.9 Å². The summed E-state index contributed by atoms with van der Waals surface area (Å²) in [5, 5.41) is 8.22. The summed E-state index contributed by atoms with van der Waals surface area (Å²) in [5.74, 6) is 0.872. The highest BCUT2D eigenvalue weighted by atomic mass is 35.5. The van der Waals surface area contributed by atoms with Gasteiger partial charge in [-0.15, -0.1) is 0 Å². The molecule has 3 heterocycles. The predicted molar refractivity (Wildman–Crippen MR) is 168 cm³/mol. The number of nitrogens with zero attached hydrogens (tertiary/aromatic N) is 4. The van der Waals surface area contributed by atoms with Crippen molar-refractivity contribution in [3.63, 3.8) is 0 Å². The monoisotopic (exact) mass is 569 g/mol. The fraction of sp³-hybridized carbons (Fsp3) is 0.281. The lowest BCUT2D eigenvalue weighted by atomic mass is 9.97. The molecule has 0 bridgehead atoms. The zero-order valence-electron chi connectivity index (χ0n) is 23.5. The molecule has 0 saturated carbocycles. The van der Waals surface area contributed by atoms with Crippen LogP contribution in [0.5, 0.6) is 0 Å². The van der Waals surface area contributed by atoms with E-state index in [9.17, 15) is 4.79 Å². The Bertz CT molecular complexity index is 1540. The first kappa shape index (κ1) is 28.4. The molecule has 1 atom stereocenters. The highest BCUT2D eigenvalue weighted by molar-refractivity contribution is 6.33. The summed E-state index contributed by atoms with van der Waals surface area (Å²) in [5.41, 5.74) is 5.04. The van der Waals surface area contributed by atoms with Crippen LogP contribution in [0.3, 0.4) is 0 Å². The predicted octanol–water partition coefficient (Wildman–Crippen LogP) is 6.29. The van der Waals surface area contributed by atoms with Crippen LogP contribution in [-0.4, -0.2) is 70.9 Å². The van der Waals surface area contributed by atoms with Gasteiger partial charge in [0.2, 0.25) is 5.95 Å². The van der Waals surface area contributed by atoms with Gasteiger partial charge in [-0.2, -0.15) is 0 Å². The van der Waals surface area contributed by atoms with E-state index in [0.29, 0.717) is 41.2 Å². The minimum Gasteiger partial charge on any atom is -0.360 e. The van der Waals surface area contributed by atoms with E-state index in [2.05, 4.69) is 38.2 Å². The van der Waals surface area contributed by atoms with Gasteiger partial charge in [-0.3, -0.25) is 4.79 Å². The lowest BCUT2D eigenvalue weighted by Crippen LogP contribution is -2.41. The highest BCUT2D eigenvalue weighted by Crippen LogP contribution is 2.32. The van der Waals surface area contributed by atoms with Crippen LogP contribution in [0.4, 0.5) is 11.6 Å². The molecule has 3 N–H and O–H groups in total. The van der Waals surface area contributed by atoms with E-state index < -0.39 is 0 Å². The van der Waals surface area contributed by atoms with Gasteiger partial charge in [-0.1, -0.05) is 42.5 Å². The molecule has 212 valence electrons. The van der Waals surface area contributed by atoms with E-state index in [1.165, 1.54) is 0 Å². The molecule has 5 rings (SSSR count). The number of hydrogen-bond acceptors (Lipinski definition) is 6. The van der Waals surface area contributed by atoms with E-state index in [1.807, 2.05) is 79.8 Å². The molecule has 41 heavy (non-hydrogen) atoms. The first-order valence-electron chi connectivity index (χ1n) is 13.9. The maximum Gasteiger partial charge on any atom is 0.253 e. The Morgan fingerprint density at radius 2 is 2.02 bits per heavy atom. The lowest BCUT2D eigenvalue weighted by molar-refractivity contribution is 0.0680. The topological polar surface area (TPSA) is 89.2 Å². The number of rotatable bonds is 10. The second-order valence-corrected chi connectivity index (χ2v) is 11.1. The molecule has 1 fully saturated rings. The molecular formula is C32H36ClN7O. The third-order valence-corrected chi connectivity index (χ3v) is 7.45. The van der Waals surface area contributed by atoms with Crippen LogP contribution in [0.15, 0.2) is 85.4 Å². The lowest BCUT2D eigenvalue weighted by Gasteiger charge is -2.33. The molecule has 1 aliphatic heterocycles. The number of hydrogen-bond donors (Lipinski definition) is 3. The number of carbonyl (C=O) groups is 1. The summed E-state index contributed by atoms with van der Waals surface area (Å²) in [6.45, 7) is 7.00. The van der Waals surface area contributed by atoms with Gasteiger partial charge in [0.1, 0.15) is 0 Å². The van der Waals surface area contributed by atoms with Crippen molar-refractivity contribution in [2.45, 2.75) is 12.8 Å². The molecule has 0 spiro atoms. The van der Waals surface area contributed by atoms with Gasteiger partial charge in [0, 0.05) is 65.8 Å². The van der Waals surface area contributed by atoms with Crippen molar-refractivity contribution in [3.05, 3.63) is 95.9 Å². The molecule has 1 saturated heterocycles. The second kappa shape index (κ2) is 13.0. The van der Waals surface area contributed by atoms with E-state index in [0.717, 1.165) is 53.8 Å². The van der Waals surface area contributed by atoms with E-state index in [-0.39, 0.29) is 5.91 Å². The molecular weight excluding hydrogens is 534 g/mol. The zero-order valence-corrected chi connectivity index (χ0v) is 24.3. The van der Waals surface area contributed by atoms with Crippen molar-refractivity contribution >= 4 is 40.0 Å². The average Bonchev–Trinajstić information content (AvgIpc) is 3.41. The summed E-state index contributed by atoms with van der Waals surface area (Å²) in [6.07, 6.45) is 9.56. The number of likely N-dealkylation sites (tertiary alicyclic amines) is 1. The second-order valence-electron chi connectivity index (χ2n) is 10.7. The fourth-order valence-corrected chi connectivity index (χ4v) is 5.26. The minimum atomic E-state index is 0.0512. The molecule has 9 heteroatoms. The van der Waals surface area contributed by atoms with Gasteiger partial charge in [0.25, 0.3) is 5.91 Å². The fourth-order valence-electron chi connectivity index (χ4n) is 5.07. The van der Waals surface area contributed by atoms with E-state index in [4.69, 9.17) is 16.6 Å². The van der Waals surface area contributed by atoms with Gasteiger partial charge >= 0.3 is 0 Å². The Balaban J connectivity index is 1.17. The number of H-pyrrole nitrogens is 1. The van der Waals surface area contributed by atoms with Crippen molar-refractivity contribution in [1.29, 1.82) is 0 Å². The molecule has 1 amide bonds. The molecule has 0 aliphatic carbocycles. The number of benzene rings is 2.